The average Bonchev–Trinajstić information content (AvgIpc) is 2.08. The van der Waals surface area contributed by atoms with E-state index in [-0.39, 0.29) is 11.1 Å². The highest BCUT2D eigenvalue weighted by molar-refractivity contribution is 6.63. The van der Waals surface area contributed by atoms with E-state index in [4.69, 9.17) is 11.6 Å². The van der Waals surface area contributed by atoms with Crippen molar-refractivity contribution in [1.29, 1.82) is 0 Å². The molecule has 0 aromatic heterocycles. The van der Waals surface area contributed by atoms with Gasteiger partial charge in [-0.1, -0.05) is 18.2 Å². The van der Waals surface area contributed by atoms with Crippen LogP contribution in [0.4, 0.5) is 4.39 Å². The Hall–Kier alpha value is -0.890. The molecule has 0 atom stereocenters. The van der Waals surface area contributed by atoms with Crippen LogP contribution in [0, 0.1) is 5.82 Å². The second kappa shape index (κ2) is 4.97. The number of benzene rings is 1. The Morgan fingerprint density at radius 2 is 2.08 bits per heavy atom. The van der Waals surface area contributed by atoms with E-state index < -0.39 is 0 Å². The molecule has 70 valence electrons. The fourth-order valence-corrected chi connectivity index (χ4v) is 1.25. The highest BCUT2D eigenvalue weighted by atomic mass is 35.5. The molecule has 3 heteroatoms. The molecule has 0 amide bonds. The first-order valence-corrected chi connectivity index (χ1v) is 4.49. The van der Waals surface area contributed by atoms with Crippen molar-refractivity contribution in [1.82, 2.24) is 0 Å². The van der Waals surface area contributed by atoms with Crippen LogP contribution in [0.25, 0.3) is 0 Å². The standard InChI is InChI=1S/C10H10ClFO/c11-10(13)7-3-5-8-4-1-2-6-9(8)12/h1-2,4,6H,3,5,7H2. The molecular weight excluding hydrogens is 191 g/mol. The van der Waals surface area contributed by atoms with Gasteiger partial charge in [0.25, 0.3) is 0 Å². The summed E-state index contributed by atoms with van der Waals surface area (Å²) >= 11 is 5.15. The Bertz CT molecular complexity index is 299. The zero-order valence-electron chi connectivity index (χ0n) is 7.09. The van der Waals surface area contributed by atoms with Gasteiger partial charge in [0.15, 0.2) is 0 Å². The monoisotopic (exact) mass is 200 g/mol. The lowest BCUT2D eigenvalue weighted by Gasteiger charge is -2.00. The predicted molar refractivity (Wildman–Crippen MR) is 50.2 cm³/mol. The Morgan fingerprint density at radius 3 is 2.69 bits per heavy atom. The Morgan fingerprint density at radius 1 is 1.38 bits per heavy atom. The minimum Gasteiger partial charge on any atom is -0.281 e. The molecule has 0 spiro atoms. The van der Waals surface area contributed by atoms with Gasteiger partial charge in [-0.2, -0.15) is 0 Å². The van der Waals surface area contributed by atoms with Gasteiger partial charge in [-0.25, -0.2) is 4.39 Å². The van der Waals surface area contributed by atoms with Crippen LogP contribution in [0.2, 0.25) is 0 Å². The van der Waals surface area contributed by atoms with Gasteiger partial charge in [-0.3, -0.25) is 4.79 Å². The third-order valence-corrected chi connectivity index (χ3v) is 1.97. The van der Waals surface area contributed by atoms with E-state index >= 15 is 0 Å². The molecule has 0 aliphatic carbocycles. The maximum atomic E-state index is 13.0. The molecule has 13 heavy (non-hydrogen) atoms. The summed E-state index contributed by atoms with van der Waals surface area (Å²) in [6.07, 6.45) is 1.46. The fourth-order valence-electron chi connectivity index (χ4n) is 1.12. The van der Waals surface area contributed by atoms with Gasteiger partial charge in [-0.15, -0.1) is 0 Å². The lowest BCUT2D eigenvalue weighted by Crippen LogP contribution is -1.93. The zero-order valence-corrected chi connectivity index (χ0v) is 7.85. The first kappa shape index (κ1) is 10.2. The van der Waals surface area contributed by atoms with Crippen molar-refractivity contribution in [3.8, 4) is 0 Å². The number of halogens is 2. The minimum absolute atomic E-state index is 0.218. The van der Waals surface area contributed by atoms with E-state index in [1.165, 1.54) is 6.07 Å². The number of carbonyl (C=O) groups excluding carboxylic acids is 1. The lowest BCUT2D eigenvalue weighted by atomic mass is 10.1. The third-order valence-electron chi connectivity index (χ3n) is 1.78. The quantitative estimate of drug-likeness (QED) is 0.683. The third kappa shape index (κ3) is 3.55. The summed E-state index contributed by atoms with van der Waals surface area (Å²) < 4.78 is 13.0. The highest BCUT2D eigenvalue weighted by Gasteiger charge is 2.01. The van der Waals surface area contributed by atoms with Crippen LogP contribution in [0.3, 0.4) is 0 Å². The van der Waals surface area contributed by atoms with Crippen LogP contribution >= 0.6 is 11.6 Å². The van der Waals surface area contributed by atoms with Gasteiger partial charge in [0.05, 0.1) is 0 Å². The summed E-state index contributed by atoms with van der Waals surface area (Å²) in [6.45, 7) is 0. The predicted octanol–water partition coefficient (Wildman–Crippen LogP) is 2.91. The molecule has 0 saturated heterocycles. The summed E-state index contributed by atoms with van der Waals surface area (Å²) in [4.78, 5) is 10.4. The van der Waals surface area contributed by atoms with Crippen LogP contribution in [0.5, 0.6) is 0 Å². The largest absolute Gasteiger partial charge is 0.281 e. The molecule has 1 aromatic carbocycles. The fraction of sp³-hybridized carbons (Fsp3) is 0.300. The van der Waals surface area contributed by atoms with Crippen LogP contribution in [0.1, 0.15) is 18.4 Å². The summed E-state index contributed by atoms with van der Waals surface area (Å²) in [5, 5.41) is -0.365. The molecule has 1 rings (SSSR count). The van der Waals surface area contributed by atoms with Gasteiger partial charge in [0.1, 0.15) is 5.82 Å². The SMILES string of the molecule is O=C(Cl)CCCc1ccccc1F. The average molecular weight is 201 g/mol. The van der Waals surface area contributed by atoms with Crippen molar-refractivity contribution < 1.29 is 9.18 Å². The van der Waals surface area contributed by atoms with Gasteiger partial charge < -0.3 is 0 Å². The van der Waals surface area contributed by atoms with E-state index in [1.54, 1.807) is 18.2 Å². The molecule has 0 heterocycles. The van der Waals surface area contributed by atoms with Crippen molar-refractivity contribution in [3.63, 3.8) is 0 Å². The van der Waals surface area contributed by atoms with E-state index in [0.717, 1.165) is 0 Å². The zero-order chi connectivity index (χ0) is 9.68. The molecule has 1 aromatic rings. The Balaban J connectivity index is 2.45. The van der Waals surface area contributed by atoms with Crippen LogP contribution < -0.4 is 0 Å². The first-order chi connectivity index (χ1) is 6.20. The number of hydrogen-bond donors (Lipinski definition) is 0. The van der Waals surface area contributed by atoms with E-state index in [2.05, 4.69) is 0 Å². The lowest BCUT2D eigenvalue weighted by molar-refractivity contribution is -0.111. The maximum absolute atomic E-state index is 13.0. The minimum atomic E-state index is -0.365. The van der Waals surface area contributed by atoms with Crippen molar-refractivity contribution in [2.24, 2.45) is 0 Å². The molecule has 0 fully saturated rings. The molecular formula is C10H10ClFO. The molecule has 0 radical (unpaired) electrons. The topological polar surface area (TPSA) is 17.1 Å². The number of aryl methyl sites for hydroxylation is 1. The van der Waals surface area contributed by atoms with E-state index in [0.29, 0.717) is 24.8 Å². The molecule has 0 saturated carbocycles. The van der Waals surface area contributed by atoms with Crippen molar-refractivity contribution in [2.45, 2.75) is 19.3 Å². The van der Waals surface area contributed by atoms with E-state index in [1.807, 2.05) is 0 Å². The van der Waals surface area contributed by atoms with Crippen LogP contribution in [0.15, 0.2) is 24.3 Å². The maximum Gasteiger partial charge on any atom is 0.221 e. The smallest absolute Gasteiger partial charge is 0.221 e. The van der Waals surface area contributed by atoms with Crippen molar-refractivity contribution in [2.75, 3.05) is 0 Å². The molecule has 0 unspecified atom stereocenters. The summed E-state index contributed by atoms with van der Waals surface area (Å²) in [6, 6.07) is 6.55. The first-order valence-electron chi connectivity index (χ1n) is 4.12. The van der Waals surface area contributed by atoms with Crippen molar-refractivity contribution in [3.05, 3.63) is 35.6 Å². The Kier molecular flexibility index (Phi) is 3.90. The number of rotatable bonds is 4. The summed E-state index contributed by atoms with van der Waals surface area (Å²) in [5.41, 5.74) is 0.639. The summed E-state index contributed by atoms with van der Waals surface area (Å²) in [5.74, 6) is -0.218. The molecule has 1 nitrogen and oxygen atoms in total. The number of carbonyl (C=O) groups is 1. The van der Waals surface area contributed by atoms with Gasteiger partial charge in [0.2, 0.25) is 5.24 Å². The normalized spacial score (nSPS) is 10.0. The van der Waals surface area contributed by atoms with Gasteiger partial charge in [-0.05, 0) is 36.1 Å². The van der Waals surface area contributed by atoms with E-state index in [9.17, 15) is 9.18 Å². The van der Waals surface area contributed by atoms with Crippen LogP contribution in [-0.4, -0.2) is 5.24 Å². The molecule has 0 aliphatic rings. The molecule has 0 aliphatic heterocycles. The van der Waals surface area contributed by atoms with Gasteiger partial charge >= 0.3 is 0 Å². The van der Waals surface area contributed by atoms with Crippen molar-refractivity contribution >= 4 is 16.8 Å². The number of hydrogen-bond acceptors (Lipinski definition) is 1. The molecule has 0 bridgehead atoms. The Labute approximate surface area is 81.5 Å². The second-order valence-corrected chi connectivity index (χ2v) is 3.22. The van der Waals surface area contributed by atoms with Gasteiger partial charge in [0, 0.05) is 6.42 Å². The highest BCUT2D eigenvalue weighted by Crippen LogP contribution is 2.10. The second-order valence-electron chi connectivity index (χ2n) is 2.80. The molecule has 0 N–H and O–H groups in total. The van der Waals surface area contributed by atoms with Crippen LogP contribution in [-0.2, 0) is 11.2 Å². The summed E-state index contributed by atoms with van der Waals surface area (Å²) in [7, 11) is 0.